The topological polar surface area (TPSA) is 22.1 Å². The van der Waals surface area contributed by atoms with Gasteiger partial charge in [-0.3, -0.25) is 0 Å². The molecule has 17 heavy (non-hydrogen) atoms. The van der Waals surface area contributed by atoms with Crippen molar-refractivity contribution in [3.05, 3.63) is 23.9 Å². The van der Waals surface area contributed by atoms with Crippen molar-refractivity contribution in [2.75, 3.05) is 0 Å². The largest absolute Gasteiger partial charge is 0.574 e. The maximum Gasteiger partial charge on any atom is 0.574 e. The molecule has 92 valence electrons. The van der Waals surface area contributed by atoms with E-state index in [4.69, 9.17) is 0 Å². The van der Waals surface area contributed by atoms with Gasteiger partial charge in [-0.25, -0.2) is 4.98 Å². The van der Waals surface area contributed by atoms with E-state index in [-0.39, 0.29) is 5.69 Å². The van der Waals surface area contributed by atoms with Gasteiger partial charge in [-0.05, 0) is 6.07 Å². The average Bonchev–Trinajstić information content (AvgIpc) is 2.11. The van der Waals surface area contributed by atoms with Gasteiger partial charge in [0.2, 0.25) is 5.88 Å². The molecule has 0 unspecified atom stereocenters. The fraction of sp³-hybridized carbons (Fsp3) is 0.364. The molecule has 0 saturated heterocycles. The average molecular weight is 259 g/mol. The Morgan fingerprint density at radius 3 is 2.41 bits per heavy atom. The van der Waals surface area contributed by atoms with E-state index in [9.17, 15) is 13.2 Å². The molecule has 0 N–H and O–H groups in total. The smallest absolute Gasteiger partial charge is 0.388 e. The highest BCUT2D eigenvalue weighted by Crippen LogP contribution is 2.20. The first-order valence-electron chi connectivity index (χ1n) is 4.92. The lowest BCUT2D eigenvalue weighted by Crippen LogP contribution is -2.18. The summed E-state index contributed by atoms with van der Waals surface area (Å²) in [5.74, 6) is 2.28. The second kappa shape index (κ2) is 4.80. The van der Waals surface area contributed by atoms with E-state index in [0.717, 1.165) is 6.07 Å². The minimum Gasteiger partial charge on any atom is -0.388 e. The van der Waals surface area contributed by atoms with Crippen LogP contribution in [0.25, 0.3) is 0 Å². The lowest BCUT2D eigenvalue weighted by molar-refractivity contribution is -0.276. The predicted octanol–water partition coefficient (Wildman–Crippen LogP) is 3.21. The highest BCUT2D eigenvalue weighted by Gasteiger charge is 2.31. The van der Waals surface area contributed by atoms with Gasteiger partial charge < -0.3 is 4.74 Å². The summed E-state index contributed by atoms with van der Waals surface area (Å²) in [5, 5.41) is 0. The van der Waals surface area contributed by atoms with Crippen LogP contribution in [0.5, 0.6) is 5.88 Å². The first kappa shape index (κ1) is 13.6. The molecule has 0 saturated carbocycles. The monoisotopic (exact) mass is 259 g/mol. The first-order valence-corrected chi connectivity index (χ1v) is 8.42. The molecule has 1 rings (SSSR count). The van der Waals surface area contributed by atoms with Gasteiger partial charge >= 0.3 is 6.36 Å². The van der Waals surface area contributed by atoms with E-state index in [1.807, 2.05) is 19.6 Å². The molecule has 0 atom stereocenters. The van der Waals surface area contributed by atoms with Crippen molar-refractivity contribution in [2.24, 2.45) is 0 Å². The molecule has 0 aliphatic heterocycles. The molecular weight excluding hydrogens is 247 g/mol. The molecule has 0 aliphatic rings. The lowest BCUT2D eigenvalue weighted by Gasteiger charge is -2.07. The number of hydrogen-bond donors (Lipinski definition) is 0. The van der Waals surface area contributed by atoms with Crippen LogP contribution in [0.15, 0.2) is 18.2 Å². The van der Waals surface area contributed by atoms with Gasteiger partial charge in [0.15, 0.2) is 0 Å². The molecule has 0 aliphatic carbocycles. The molecule has 0 spiro atoms. The number of hydrogen-bond acceptors (Lipinski definition) is 2. The van der Waals surface area contributed by atoms with Crippen molar-refractivity contribution in [2.45, 2.75) is 26.0 Å². The zero-order chi connectivity index (χ0) is 13.1. The fourth-order valence-electron chi connectivity index (χ4n) is 0.911. The predicted molar refractivity (Wildman–Crippen MR) is 61.1 cm³/mol. The summed E-state index contributed by atoms with van der Waals surface area (Å²) in [4.78, 5) is 3.67. The Morgan fingerprint density at radius 2 is 1.88 bits per heavy atom. The highest BCUT2D eigenvalue weighted by atomic mass is 28.3. The van der Waals surface area contributed by atoms with Crippen LogP contribution in [-0.4, -0.2) is 19.4 Å². The van der Waals surface area contributed by atoms with Crippen molar-refractivity contribution in [1.29, 1.82) is 0 Å². The van der Waals surface area contributed by atoms with Crippen LogP contribution in [-0.2, 0) is 0 Å². The van der Waals surface area contributed by atoms with Crippen LogP contribution in [0.4, 0.5) is 13.2 Å². The second-order valence-electron chi connectivity index (χ2n) is 4.41. The number of ether oxygens (including phenoxy) is 1. The Morgan fingerprint density at radius 1 is 1.24 bits per heavy atom. The standard InChI is InChI=1S/C11H12F3NOSi/c1-17(2,3)8-7-9-5-4-6-10(15-9)16-11(12,13)14/h4-6H,1-3H3. The third-order valence-corrected chi connectivity index (χ3v) is 2.38. The van der Waals surface area contributed by atoms with Crippen LogP contribution in [0.2, 0.25) is 19.6 Å². The van der Waals surface area contributed by atoms with Gasteiger partial charge in [0.05, 0.1) is 0 Å². The fourth-order valence-corrected chi connectivity index (χ4v) is 1.41. The molecule has 0 aromatic carbocycles. The molecular formula is C11H12F3NOSi. The van der Waals surface area contributed by atoms with Crippen molar-refractivity contribution in [3.63, 3.8) is 0 Å². The summed E-state index contributed by atoms with van der Waals surface area (Å²) in [5.41, 5.74) is 3.30. The van der Waals surface area contributed by atoms with Crippen LogP contribution in [0, 0.1) is 11.5 Å². The highest BCUT2D eigenvalue weighted by molar-refractivity contribution is 6.83. The van der Waals surface area contributed by atoms with Crippen molar-refractivity contribution in [3.8, 4) is 17.3 Å². The Hall–Kier alpha value is -1.48. The third kappa shape index (κ3) is 5.97. The quantitative estimate of drug-likeness (QED) is 0.570. The summed E-state index contributed by atoms with van der Waals surface area (Å²) < 4.78 is 39.6. The van der Waals surface area contributed by atoms with Crippen molar-refractivity contribution >= 4 is 8.07 Å². The zero-order valence-electron chi connectivity index (χ0n) is 9.72. The first-order chi connectivity index (χ1) is 7.66. The van der Waals surface area contributed by atoms with Crippen LogP contribution in [0.3, 0.4) is 0 Å². The van der Waals surface area contributed by atoms with Gasteiger partial charge in [0, 0.05) is 6.07 Å². The van der Waals surface area contributed by atoms with Crippen LogP contribution in [0.1, 0.15) is 5.69 Å². The van der Waals surface area contributed by atoms with E-state index < -0.39 is 20.3 Å². The van der Waals surface area contributed by atoms with E-state index >= 15 is 0 Å². The number of alkyl halides is 3. The van der Waals surface area contributed by atoms with E-state index in [0.29, 0.717) is 0 Å². The molecule has 6 heteroatoms. The van der Waals surface area contributed by atoms with Crippen LogP contribution >= 0.6 is 0 Å². The van der Waals surface area contributed by atoms with Crippen molar-refractivity contribution in [1.82, 2.24) is 4.98 Å². The Kier molecular flexibility index (Phi) is 3.83. The van der Waals surface area contributed by atoms with E-state index in [1.54, 1.807) is 6.07 Å². The summed E-state index contributed by atoms with van der Waals surface area (Å²) >= 11 is 0. The van der Waals surface area contributed by atoms with Gasteiger partial charge in [0.25, 0.3) is 0 Å². The Balaban J connectivity index is 2.90. The van der Waals surface area contributed by atoms with Crippen LogP contribution < -0.4 is 4.74 Å². The molecule has 0 amide bonds. The zero-order valence-corrected chi connectivity index (χ0v) is 10.7. The van der Waals surface area contributed by atoms with Gasteiger partial charge in [-0.2, -0.15) is 0 Å². The minimum absolute atomic E-state index is 0.286. The van der Waals surface area contributed by atoms with Crippen molar-refractivity contribution < 1.29 is 17.9 Å². The Labute approximate surface area is 98.8 Å². The number of rotatable bonds is 1. The van der Waals surface area contributed by atoms with E-state index in [2.05, 4.69) is 21.2 Å². The maximum atomic E-state index is 12.0. The number of nitrogens with zero attached hydrogens (tertiary/aromatic N) is 1. The summed E-state index contributed by atoms with van der Waals surface area (Å²) in [6.45, 7) is 6.11. The molecule has 0 bridgehead atoms. The summed E-state index contributed by atoms with van der Waals surface area (Å²) in [7, 11) is -1.57. The van der Waals surface area contributed by atoms with Gasteiger partial charge in [0.1, 0.15) is 13.8 Å². The van der Waals surface area contributed by atoms with Gasteiger partial charge in [-0.1, -0.05) is 31.6 Å². The molecule has 0 radical (unpaired) electrons. The molecule has 1 aromatic rings. The number of aromatic nitrogens is 1. The SMILES string of the molecule is C[Si](C)(C)C#Cc1cccc(OC(F)(F)F)n1. The normalized spacial score (nSPS) is 11.6. The molecule has 1 heterocycles. The minimum atomic E-state index is -4.72. The lowest BCUT2D eigenvalue weighted by atomic mass is 10.4. The number of pyridine rings is 1. The van der Waals surface area contributed by atoms with Gasteiger partial charge in [-0.15, -0.1) is 18.7 Å². The molecule has 1 aromatic heterocycles. The maximum absolute atomic E-state index is 12.0. The summed E-state index contributed by atoms with van der Waals surface area (Å²) in [6, 6.07) is 4.13. The molecule has 0 fully saturated rings. The number of halogens is 3. The summed E-state index contributed by atoms with van der Waals surface area (Å²) in [6.07, 6.45) is -4.72. The third-order valence-electron chi connectivity index (χ3n) is 1.51. The van der Waals surface area contributed by atoms with E-state index in [1.165, 1.54) is 6.07 Å². The second-order valence-corrected chi connectivity index (χ2v) is 9.16. The molecule has 2 nitrogen and oxygen atoms in total. The Bertz CT molecular complexity index is 454.